The normalized spacial score (nSPS) is 10.8. The van der Waals surface area contributed by atoms with E-state index in [9.17, 15) is 22.8 Å². The third-order valence-corrected chi connectivity index (χ3v) is 3.59. The van der Waals surface area contributed by atoms with Gasteiger partial charge in [-0.15, -0.1) is 0 Å². The Bertz CT molecular complexity index is 855. The van der Waals surface area contributed by atoms with Gasteiger partial charge in [-0.1, -0.05) is 0 Å². The standard InChI is InChI=1S/C19H20F3N3O4/c1-3-28-13-5-7-14(8-6-13)29-16-9-4-12(19(20,21)22)10-15(16)24-11-17(26)25-18(27)23-2/h4-10,24H,3,11H2,1-2H3,(H2,23,25,26,27). The van der Waals surface area contributed by atoms with Crippen LogP contribution in [-0.2, 0) is 11.0 Å². The van der Waals surface area contributed by atoms with Gasteiger partial charge in [0.15, 0.2) is 5.75 Å². The van der Waals surface area contributed by atoms with Gasteiger partial charge in [0.05, 0.1) is 24.4 Å². The fourth-order valence-corrected chi connectivity index (χ4v) is 2.24. The first-order valence-electron chi connectivity index (χ1n) is 8.60. The highest BCUT2D eigenvalue weighted by molar-refractivity contribution is 5.96. The molecule has 2 aromatic carbocycles. The molecule has 0 saturated carbocycles. The van der Waals surface area contributed by atoms with Gasteiger partial charge >= 0.3 is 12.2 Å². The second kappa shape index (κ2) is 9.67. The van der Waals surface area contributed by atoms with Crippen LogP contribution in [0.1, 0.15) is 12.5 Å². The highest BCUT2D eigenvalue weighted by Gasteiger charge is 2.31. The van der Waals surface area contributed by atoms with Crippen molar-refractivity contribution in [2.45, 2.75) is 13.1 Å². The van der Waals surface area contributed by atoms with Gasteiger partial charge in [0.2, 0.25) is 5.91 Å². The third-order valence-electron chi connectivity index (χ3n) is 3.59. The molecular formula is C19H20F3N3O4. The molecule has 10 heteroatoms. The van der Waals surface area contributed by atoms with Gasteiger partial charge in [0.25, 0.3) is 0 Å². The Morgan fingerprint density at radius 1 is 1.03 bits per heavy atom. The van der Waals surface area contributed by atoms with Crippen LogP contribution in [0, 0.1) is 0 Å². The topological polar surface area (TPSA) is 88.7 Å². The van der Waals surface area contributed by atoms with E-state index in [4.69, 9.17) is 9.47 Å². The number of carbonyl (C=O) groups is 2. The van der Waals surface area contributed by atoms with Crippen molar-refractivity contribution in [1.82, 2.24) is 10.6 Å². The molecule has 156 valence electrons. The Morgan fingerprint density at radius 3 is 2.28 bits per heavy atom. The summed E-state index contributed by atoms with van der Waals surface area (Å²) in [6, 6.07) is 8.65. The fourth-order valence-electron chi connectivity index (χ4n) is 2.24. The summed E-state index contributed by atoms with van der Waals surface area (Å²) in [5.41, 5.74) is -0.966. The molecule has 0 atom stereocenters. The number of hydrogen-bond donors (Lipinski definition) is 3. The van der Waals surface area contributed by atoms with Crippen LogP contribution in [0.4, 0.5) is 23.7 Å². The zero-order chi connectivity index (χ0) is 21.4. The summed E-state index contributed by atoms with van der Waals surface area (Å²) in [6.07, 6.45) is -4.57. The molecule has 0 fully saturated rings. The molecule has 0 aliphatic carbocycles. The van der Waals surface area contributed by atoms with Gasteiger partial charge in [-0.3, -0.25) is 10.1 Å². The van der Waals surface area contributed by atoms with Crippen LogP contribution in [0.15, 0.2) is 42.5 Å². The summed E-state index contributed by atoms with van der Waals surface area (Å²) in [4.78, 5) is 22.9. The lowest BCUT2D eigenvalue weighted by Gasteiger charge is -2.16. The zero-order valence-electron chi connectivity index (χ0n) is 15.7. The summed E-state index contributed by atoms with van der Waals surface area (Å²) in [7, 11) is 1.33. The predicted octanol–water partition coefficient (Wildman–Crippen LogP) is 3.76. The van der Waals surface area contributed by atoms with Crippen LogP contribution >= 0.6 is 0 Å². The van der Waals surface area contributed by atoms with E-state index in [1.807, 2.05) is 12.2 Å². The molecule has 0 spiro atoms. The zero-order valence-corrected chi connectivity index (χ0v) is 15.7. The molecule has 29 heavy (non-hydrogen) atoms. The monoisotopic (exact) mass is 411 g/mol. The summed E-state index contributed by atoms with van der Waals surface area (Å²) in [5.74, 6) is 0.339. The van der Waals surface area contributed by atoms with Crippen LogP contribution in [0.3, 0.4) is 0 Å². The number of amides is 3. The van der Waals surface area contributed by atoms with Gasteiger partial charge in [0.1, 0.15) is 11.5 Å². The summed E-state index contributed by atoms with van der Waals surface area (Å²) in [6.45, 7) is 1.89. The maximum absolute atomic E-state index is 13.0. The van der Waals surface area contributed by atoms with E-state index in [0.717, 1.165) is 18.2 Å². The van der Waals surface area contributed by atoms with Crippen LogP contribution in [-0.4, -0.2) is 32.1 Å². The van der Waals surface area contributed by atoms with Crippen molar-refractivity contribution in [2.24, 2.45) is 0 Å². The van der Waals surface area contributed by atoms with E-state index in [1.54, 1.807) is 24.3 Å². The Labute approximate surface area is 165 Å². The van der Waals surface area contributed by atoms with Gasteiger partial charge in [0, 0.05) is 7.05 Å². The minimum atomic E-state index is -4.57. The number of rotatable bonds is 7. The molecule has 3 amide bonds. The molecule has 0 saturated heterocycles. The van der Waals surface area contributed by atoms with E-state index >= 15 is 0 Å². The van der Waals surface area contributed by atoms with Gasteiger partial charge < -0.3 is 20.1 Å². The first kappa shape index (κ1) is 21.9. The number of halogens is 3. The largest absolute Gasteiger partial charge is 0.494 e. The molecule has 0 aliphatic heterocycles. The third kappa shape index (κ3) is 6.59. The number of alkyl halides is 3. The molecule has 3 N–H and O–H groups in total. The van der Waals surface area contributed by atoms with Gasteiger partial charge in [-0.05, 0) is 49.4 Å². The maximum atomic E-state index is 13.0. The van der Waals surface area contributed by atoms with Crippen LogP contribution in [0.5, 0.6) is 17.2 Å². The second-order valence-electron chi connectivity index (χ2n) is 5.70. The molecule has 0 aliphatic rings. The lowest BCUT2D eigenvalue weighted by Crippen LogP contribution is -2.40. The number of imide groups is 1. The molecule has 7 nitrogen and oxygen atoms in total. The number of benzene rings is 2. The van der Waals surface area contributed by atoms with Crippen molar-refractivity contribution < 1.29 is 32.2 Å². The SMILES string of the molecule is CCOc1ccc(Oc2ccc(C(F)(F)F)cc2NCC(=O)NC(=O)NC)cc1. The summed E-state index contributed by atoms with van der Waals surface area (Å²) < 4.78 is 50.1. The number of anilines is 1. The Kier molecular flexibility index (Phi) is 7.29. The second-order valence-corrected chi connectivity index (χ2v) is 5.70. The number of carbonyl (C=O) groups excluding carboxylic acids is 2. The Morgan fingerprint density at radius 2 is 1.69 bits per heavy atom. The van der Waals surface area contributed by atoms with E-state index in [2.05, 4.69) is 10.6 Å². The van der Waals surface area contributed by atoms with E-state index in [1.165, 1.54) is 7.05 Å². The number of ether oxygens (including phenoxy) is 2. The van der Waals surface area contributed by atoms with E-state index in [0.29, 0.717) is 18.1 Å². The van der Waals surface area contributed by atoms with Crippen molar-refractivity contribution in [3.63, 3.8) is 0 Å². The lowest BCUT2D eigenvalue weighted by molar-refractivity contribution is -0.137. The number of nitrogens with one attached hydrogen (secondary N) is 3. The van der Waals surface area contributed by atoms with Crippen molar-refractivity contribution in [3.05, 3.63) is 48.0 Å². The average molecular weight is 411 g/mol. The molecule has 0 radical (unpaired) electrons. The Balaban J connectivity index is 2.21. The van der Waals surface area contributed by atoms with Crippen LogP contribution in [0.2, 0.25) is 0 Å². The molecule has 0 aromatic heterocycles. The van der Waals surface area contributed by atoms with Crippen LogP contribution < -0.4 is 25.4 Å². The van der Waals surface area contributed by atoms with Crippen molar-refractivity contribution >= 4 is 17.6 Å². The van der Waals surface area contributed by atoms with Crippen LogP contribution in [0.25, 0.3) is 0 Å². The smallest absolute Gasteiger partial charge is 0.416 e. The summed E-state index contributed by atoms with van der Waals surface area (Å²) in [5, 5.41) is 6.77. The molecular weight excluding hydrogens is 391 g/mol. The van der Waals surface area contributed by atoms with E-state index < -0.39 is 30.2 Å². The molecule has 0 unspecified atom stereocenters. The lowest BCUT2D eigenvalue weighted by atomic mass is 10.1. The number of urea groups is 1. The molecule has 0 bridgehead atoms. The predicted molar refractivity (Wildman–Crippen MR) is 100 cm³/mol. The van der Waals surface area contributed by atoms with Gasteiger partial charge in [-0.25, -0.2) is 4.79 Å². The average Bonchev–Trinajstić information content (AvgIpc) is 2.68. The van der Waals surface area contributed by atoms with Crippen molar-refractivity contribution in [1.29, 1.82) is 0 Å². The minimum Gasteiger partial charge on any atom is -0.494 e. The minimum absolute atomic E-state index is 0.0548. The van der Waals surface area contributed by atoms with Crippen molar-refractivity contribution in [3.8, 4) is 17.2 Å². The Hall–Kier alpha value is -3.43. The van der Waals surface area contributed by atoms with E-state index in [-0.39, 0.29) is 11.4 Å². The first-order chi connectivity index (χ1) is 13.7. The quantitative estimate of drug-likeness (QED) is 0.646. The van der Waals surface area contributed by atoms with Gasteiger partial charge in [-0.2, -0.15) is 13.2 Å². The number of hydrogen-bond acceptors (Lipinski definition) is 5. The highest BCUT2D eigenvalue weighted by Crippen LogP contribution is 2.37. The summed E-state index contributed by atoms with van der Waals surface area (Å²) >= 11 is 0. The first-order valence-corrected chi connectivity index (χ1v) is 8.60. The molecule has 2 rings (SSSR count). The molecule has 0 heterocycles. The highest BCUT2D eigenvalue weighted by atomic mass is 19.4. The maximum Gasteiger partial charge on any atom is 0.416 e. The van der Waals surface area contributed by atoms with Crippen molar-refractivity contribution in [2.75, 3.05) is 25.5 Å². The fraction of sp³-hybridized carbons (Fsp3) is 0.263. The molecule has 2 aromatic rings.